The summed E-state index contributed by atoms with van der Waals surface area (Å²) in [6, 6.07) is 11.7. The molecule has 2 N–H and O–H groups in total. The van der Waals surface area contributed by atoms with Crippen LogP contribution in [-0.4, -0.2) is 34.0 Å². The number of amides is 1. The van der Waals surface area contributed by atoms with E-state index in [1.54, 1.807) is 6.07 Å². The lowest BCUT2D eigenvalue weighted by Gasteiger charge is -2.23. The summed E-state index contributed by atoms with van der Waals surface area (Å²) < 4.78 is 5.25. The van der Waals surface area contributed by atoms with Gasteiger partial charge in [0.25, 0.3) is 11.6 Å². The quantitative estimate of drug-likeness (QED) is 0.715. The minimum atomic E-state index is -0.0564. The van der Waals surface area contributed by atoms with Gasteiger partial charge in [0.05, 0.1) is 16.6 Å². The van der Waals surface area contributed by atoms with Gasteiger partial charge in [0.2, 0.25) is 0 Å². The van der Waals surface area contributed by atoms with E-state index >= 15 is 0 Å². The van der Waals surface area contributed by atoms with Gasteiger partial charge in [0.15, 0.2) is 0 Å². The second-order valence-corrected chi connectivity index (χ2v) is 6.11. The number of carbonyl (C=O) groups excluding carboxylic acids is 1. The van der Waals surface area contributed by atoms with Gasteiger partial charge in [-0.1, -0.05) is 35.5 Å². The highest BCUT2D eigenvalue weighted by Crippen LogP contribution is 2.24. The monoisotopic (exact) mass is 374 g/mol. The van der Waals surface area contributed by atoms with Crippen LogP contribution in [0.15, 0.2) is 40.9 Å². The fourth-order valence-corrected chi connectivity index (χ4v) is 2.90. The largest absolute Gasteiger partial charge is 0.336 e. The van der Waals surface area contributed by atoms with Crippen molar-refractivity contribution in [3.05, 3.63) is 58.9 Å². The first-order valence-corrected chi connectivity index (χ1v) is 8.37. The van der Waals surface area contributed by atoms with Crippen LogP contribution in [-0.2, 0) is 6.54 Å². The standard InChI is InChI=1S/C19H22N4O2.ClH/c1-13-11-16(17-14(2)22-25-18(17)21-13)19(24)23(10-6-9-20)12-15-7-4-3-5-8-15;/h3-5,7-8,11H,6,9-10,12,20H2,1-2H3;1H. The van der Waals surface area contributed by atoms with E-state index in [1.807, 2.05) is 49.1 Å². The minimum absolute atomic E-state index is 0. The molecule has 0 unspecified atom stereocenters. The number of rotatable bonds is 6. The number of aryl methyl sites for hydroxylation is 2. The Labute approximate surface area is 158 Å². The Bertz CT molecular complexity index is 880. The molecular formula is C19H23ClN4O2. The zero-order chi connectivity index (χ0) is 17.8. The summed E-state index contributed by atoms with van der Waals surface area (Å²) in [5, 5.41) is 4.64. The van der Waals surface area contributed by atoms with Crippen LogP contribution >= 0.6 is 12.4 Å². The van der Waals surface area contributed by atoms with Gasteiger partial charge in [-0.25, -0.2) is 4.98 Å². The highest BCUT2D eigenvalue weighted by molar-refractivity contribution is 6.06. The second kappa shape index (κ2) is 8.78. The number of nitrogens with two attached hydrogens (primary N) is 1. The van der Waals surface area contributed by atoms with Gasteiger partial charge in [-0.15, -0.1) is 12.4 Å². The van der Waals surface area contributed by atoms with Crippen molar-refractivity contribution in [1.29, 1.82) is 0 Å². The smallest absolute Gasteiger partial charge is 0.258 e. The molecule has 138 valence electrons. The summed E-state index contributed by atoms with van der Waals surface area (Å²) in [6.07, 6.45) is 0.744. The van der Waals surface area contributed by atoms with E-state index < -0.39 is 0 Å². The lowest BCUT2D eigenvalue weighted by Crippen LogP contribution is -2.32. The number of benzene rings is 1. The molecule has 0 saturated heterocycles. The van der Waals surface area contributed by atoms with Crippen LogP contribution in [0, 0.1) is 13.8 Å². The van der Waals surface area contributed by atoms with Gasteiger partial charge < -0.3 is 15.2 Å². The van der Waals surface area contributed by atoms with Crippen molar-refractivity contribution in [2.24, 2.45) is 5.73 Å². The Kier molecular flexibility index (Phi) is 6.71. The first-order valence-electron chi connectivity index (χ1n) is 8.37. The Morgan fingerprint density at radius 3 is 2.65 bits per heavy atom. The summed E-state index contributed by atoms with van der Waals surface area (Å²) in [4.78, 5) is 19.4. The van der Waals surface area contributed by atoms with Crippen LogP contribution in [0.1, 0.15) is 33.7 Å². The predicted molar refractivity (Wildman–Crippen MR) is 103 cm³/mol. The van der Waals surface area contributed by atoms with Gasteiger partial charge in [0, 0.05) is 18.8 Å². The Balaban J connectivity index is 0.00000243. The third kappa shape index (κ3) is 4.20. The van der Waals surface area contributed by atoms with Crippen molar-refractivity contribution < 1.29 is 9.32 Å². The Morgan fingerprint density at radius 2 is 1.96 bits per heavy atom. The molecule has 0 aliphatic rings. The molecule has 0 bridgehead atoms. The van der Waals surface area contributed by atoms with Crippen LogP contribution in [0.4, 0.5) is 0 Å². The van der Waals surface area contributed by atoms with Crippen molar-refractivity contribution in [2.75, 3.05) is 13.1 Å². The molecule has 0 aliphatic carbocycles. The number of carbonyl (C=O) groups is 1. The minimum Gasteiger partial charge on any atom is -0.336 e. The van der Waals surface area contributed by atoms with Crippen LogP contribution in [0.3, 0.4) is 0 Å². The molecule has 0 aliphatic heterocycles. The van der Waals surface area contributed by atoms with Crippen LogP contribution in [0.25, 0.3) is 11.1 Å². The molecule has 26 heavy (non-hydrogen) atoms. The average Bonchev–Trinajstić information content (AvgIpc) is 2.99. The van der Waals surface area contributed by atoms with E-state index in [0.717, 1.165) is 17.7 Å². The number of halogens is 1. The first-order chi connectivity index (χ1) is 12.1. The van der Waals surface area contributed by atoms with Gasteiger partial charge in [-0.3, -0.25) is 4.79 Å². The molecule has 6 nitrogen and oxygen atoms in total. The summed E-state index contributed by atoms with van der Waals surface area (Å²) in [6.45, 7) is 5.33. The van der Waals surface area contributed by atoms with E-state index in [4.69, 9.17) is 10.3 Å². The van der Waals surface area contributed by atoms with E-state index in [9.17, 15) is 4.79 Å². The number of aromatic nitrogens is 2. The van der Waals surface area contributed by atoms with E-state index in [0.29, 0.717) is 42.0 Å². The molecule has 2 aromatic heterocycles. The lowest BCUT2D eigenvalue weighted by atomic mass is 10.1. The number of hydrogen-bond acceptors (Lipinski definition) is 5. The molecule has 0 atom stereocenters. The van der Waals surface area contributed by atoms with Crippen LogP contribution < -0.4 is 5.73 Å². The number of pyridine rings is 1. The van der Waals surface area contributed by atoms with Gasteiger partial charge >= 0.3 is 0 Å². The maximum atomic E-state index is 13.3. The highest BCUT2D eigenvalue weighted by Gasteiger charge is 2.22. The van der Waals surface area contributed by atoms with Gasteiger partial charge in [-0.2, -0.15) is 0 Å². The molecule has 2 heterocycles. The number of nitrogens with zero attached hydrogens (tertiary/aromatic N) is 3. The van der Waals surface area contributed by atoms with Crippen molar-refractivity contribution in [3.8, 4) is 0 Å². The van der Waals surface area contributed by atoms with Crippen molar-refractivity contribution in [1.82, 2.24) is 15.0 Å². The molecule has 3 rings (SSSR count). The molecule has 0 saturated carbocycles. The fourth-order valence-electron chi connectivity index (χ4n) is 2.90. The first kappa shape index (κ1) is 19.9. The SMILES string of the molecule is Cc1cc(C(=O)N(CCCN)Cc2ccccc2)c2c(C)noc2n1.Cl. The topological polar surface area (TPSA) is 85.2 Å². The number of hydrogen-bond donors (Lipinski definition) is 1. The molecule has 1 amide bonds. The summed E-state index contributed by atoms with van der Waals surface area (Å²) in [7, 11) is 0. The van der Waals surface area contributed by atoms with E-state index in [1.165, 1.54) is 0 Å². The Morgan fingerprint density at radius 1 is 1.23 bits per heavy atom. The molecule has 1 aromatic carbocycles. The zero-order valence-electron chi connectivity index (χ0n) is 14.9. The van der Waals surface area contributed by atoms with E-state index in [-0.39, 0.29) is 18.3 Å². The highest BCUT2D eigenvalue weighted by atomic mass is 35.5. The molecule has 3 aromatic rings. The number of fused-ring (bicyclic) bond motifs is 1. The molecule has 7 heteroatoms. The predicted octanol–water partition coefficient (Wildman–Crippen LogP) is 3.25. The normalized spacial score (nSPS) is 10.6. The summed E-state index contributed by atoms with van der Waals surface area (Å²) >= 11 is 0. The summed E-state index contributed by atoms with van der Waals surface area (Å²) in [5.41, 5.74) is 9.12. The lowest BCUT2D eigenvalue weighted by molar-refractivity contribution is 0.0744. The fraction of sp³-hybridized carbons (Fsp3) is 0.316. The molecular weight excluding hydrogens is 352 g/mol. The second-order valence-electron chi connectivity index (χ2n) is 6.11. The molecule has 0 radical (unpaired) electrons. The zero-order valence-corrected chi connectivity index (χ0v) is 15.8. The maximum absolute atomic E-state index is 13.3. The van der Waals surface area contributed by atoms with Gasteiger partial charge in [0.1, 0.15) is 0 Å². The van der Waals surface area contributed by atoms with E-state index in [2.05, 4.69) is 10.1 Å². The third-order valence-electron chi connectivity index (χ3n) is 4.11. The van der Waals surface area contributed by atoms with Crippen molar-refractivity contribution in [3.63, 3.8) is 0 Å². The van der Waals surface area contributed by atoms with Crippen LogP contribution in [0.5, 0.6) is 0 Å². The molecule has 0 spiro atoms. The molecule has 0 fully saturated rings. The Hall–Kier alpha value is -2.44. The van der Waals surface area contributed by atoms with Crippen LogP contribution in [0.2, 0.25) is 0 Å². The maximum Gasteiger partial charge on any atom is 0.258 e. The average molecular weight is 375 g/mol. The summed E-state index contributed by atoms with van der Waals surface area (Å²) in [5.74, 6) is -0.0564. The van der Waals surface area contributed by atoms with Crippen molar-refractivity contribution >= 4 is 29.4 Å². The third-order valence-corrected chi connectivity index (χ3v) is 4.11. The van der Waals surface area contributed by atoms with Crippen molar-refractivity contribution in [2.45, 2.75) is 26.8 Å². The van der Waals surface area contributed by atoms with Gasteiger partial charge in [-0.05, 0) is 38.4 Å².